The number of hydrogen-bond donors (Lipinski definition) is 2. The van der Waals surface area contributed by atoms with Crippen LogP contribution < -0.4 is 10.2 Å². The first kappa shape index (κ1) is 16.1. The van der Waals surface area contributed by atoms with Crippen LogP contribution in [-0.2, 0) is 0 Å². The van der Waals surface area contributed by atoms with Gasteiger partial charge in [-0.2, -0.15) is 0 Å². The number of aromatic hydroxyl groups is 1. The van der Waals surface area contributed by atoms with Crippen molar-refractivity contribution in [2.45, 2.75) is 0 Å². The van der Waals surface area contributed by atoms with Crippen molar-refractivity contribution in [3.8, 4) is 5.88 Å². The molecule has 1 fully saturated rings. The van der Waals surface area contributed by atoms with Gasteiger partial charge in [0.05, 0.1) is 10.9 Å². The summed E-state index contributed by atoms with van der Waals surface area (Å²) in [6, 6.07) is 5.89. The third-order valence-electron chi connectivity index (χ3n) is 3.08. The van der Waals surface area contributed by atoms with Crippen molar-refractivity contribution < 1.29 is 5.11 Å². The van der Waals surface area contributed by atoms with Crippen molar-refractivity contribution in [2.75, 3.05) is 31.1 Å². The zero-order chi connectivity index (χ0) is 11.7. The Morgan fingerprint density at radius 2 is 1.84 bits per heavy atom. The van der Waals surface area contributed by atoms with Crippen molar-refractivity contribution >= 4 is 50.6 Å². The van der Waals surface area contributed by atoms with E-state index >= 15 is 0 Å². The van der Waals surface area contributed by atoms with E-state index in [2.05, 4.69) is 20.2 Å². The Labute approximate surface area is 132 Å². The van der Waals surface area contributed by atoms with Crippen LogP contribution in [0.1, 0.15) is 0 Å². The van der Waals surface area contributed by atoms with Crippen molar-refractivity contribution in [3.05, 3.63) is 24.5 Å². The normalized spacial score (nSPS) is 14.6. The molecular formula is C12H16Br2N4O. The fourth-order valence-electron chi connectivity index (χ4n) is 2.15. The highest BCUT2D eigenvalue weighted by atomic mass is 79.9. The predicted octanol–water partition coefficient (Wildman–Crippen LogP) is 1.90. The van der Waals surface area contributed by atoms with Crippen molar-refractivity contribution in [1.29, 1.82) is 0 Å². The first-order valence-electron chi connectivity index (χ1n) is 5.74. The fraction of sp³-hybridized carbons (Fsp3) is 0.333. The number of benzene rings is 1. The summed E-state index contributed by atoms with van der Waals surface area (Å²) in [5, 5.41) is 13.6. The van der Waals surface area contributed by atoms with E-state index in [1.807, 2.05) is 18.2 Å². The highest BCUT2D eigenvalue weighted by Crippen LogP contribution is 2.25. The highest BCUT2D eigenvalue weighted by Gasteiger charge is 2.11. The molecule has 5 nitrogen and oxygen atoms in total. The number of nitrogens with one attached hydrogen (secondary N) is 1. The summed E-state index contributed by atoms with van der Waals surface area (Å²) >= 11 is 0. The molecule has 3 rings (SSSR count). The quantitative estimate of drug-likeness (QED) is 0.777. The van der Waals surface area contributed by atoms with Gasteiger partial charge in [-0.05, 0) is 18.2 Å². The van der Waals surface area contributed by atoms with Gasteiger partial charge in [0.15, 0.2) is 0 Å². The average molecular weight is 392 g/mol. The number of fused-ring (bicyclic) bond motifs is 1. The first-order valence-corrected chi connectivity index (χ1v) is 5.74. The fourth-order valence-corrected chi connectivity index (χ4v) is 2.15. The molecule has 0 radical (unpaired) electrons. The van der Waals surface area contributed by atoms with Gasteiger partial charge in [-0.3, -0.25) is 0 Å². The van der Waals surface area contributed by atoms with Gasteiger partial charge in [0, 0.05) is 31.9 Å². The SMILES string of the molecule is Br.Br.Oc1ncnc2cc(N3CCNCC3)ccc12. The Balaban J connectivity index is 0.000000902. The van der Waals surface area contributed by atoms with Crippen LogP contribution in [0.25, 0.3) is 10.9 Å². The zero-order valence-corrected chi connectivity index (χ0v) is 13.7. The maximum atomic E-state index is 9.60. The van der Waals surface area contributed by atoms with Gasteiger partial charge < -0.3 is 15.3 Å². The van der Waals surface area contributed by atoms with Gasteiger partial charge in [0.2, 0.25) is 5.88 Å². The van der Waals surface area contributed by atoms with E-state index in [0.717, 1.165) is 37.4 Å². The summed E-state index contributed by atoms with van der Waals surface area (Å²) in [5.74, 6) is 0.0434. The lowest BCUT2D eigenvalue weighted by molar-refractivity contribution is 0.459. The summed E-state index contributed by atoms with van der Waals surface area (Å²) in [4.78, 5) is 10.3. The number of hydrogen-bond acceptors (Lipinski definition) is 5. The van der Waals surface area contributed by atoms with E-state index in [4.69, 9.17) is 0 Å². The lowest BCUT2D eigenvalue weighted by atomic mass is 10.2. The molecule has 2 N–H and O–H groups in total. The molecule has 2 heterocycles. The monoisotopic (exact) mass is 390 g/mol. The van der Waals surface area contributed by atoms with Crippen LogP contribution in [0.4, 0.5) is 5.69 Å². The molecule has 0 saturated carbocycles. The minimum atomic E-state index is 0. The molecule has 0 amide bonds. The molecule has 1 saturated heterocycles. The summed E-state index contributed by atoms with van der Waals surface area (Å²) in [6.45, 7) is 4.02. The largest absolute Gasteiger partial charge is 0.493 e. The van der Waals surface area contributed by atoms with Crippen molar-refractivity contribution in [1.82, 2.24) is 15.3 Å². The van der Waals surface area contributed by atoms with Crippen LogP contribution in [0, 0.1) is 0 Å². The smallest absolute Gasteiger partial charge is 0.221 e. The van der Waals surface area contributed by atoms with Gasteiger partial charge in [0.1, 0.15) is 6.33 Å². The molecular weight excluding hydrogens is 376 g/mol. The number of rotatable bonds is 1. The molecule has 0 bridgehead atoms. The summed E-state index contributed by atoms with van der Waals surface area (Å²) in [5.41, 5.74) is 1.94. The van der Waals surface area contributed by atoms with E-state index < -0.39 is 0 Å². The standard InChI is InChI=1S/C12H14N4O.2BrH/c17-12-10-2-1-9(7-11(10)14-8-15-12)16-5-3-13-4-6-16;;/h1-2,7-8,13H,3-6H2,(H,14,15,17);2*1H. The molecule has 2 aromatic rings. The molecule has 0 atom stereocenters. The summed E-state index contributed by atoms with van der Waals surface area (Å²) < 4.78 is 0. The van der Waals surface area contributed by atoms with Crippen LogP contribution in [0.15, 0.2) is 24.5 Å². The number of aromatic nitrogens is 2. The van der Waals surface area contributed by atoms with Gasteiger partial charge in [-0.15, -0.1) is 34.0 Å². The van der Waals surface area contributed by atoms with Crippen LogP contribution >= 0.6 is 34.0 Å². The van der Waals surface area contributed by atoms with E-state index in [9.17, 15) is 5.11 Å². The van der Waals surface area contributed by atoms with Gasteiger partial charge >= 0.3 is 0 Å². The van der Waals surface area contributed by atoms with Crippen LogP contribution in [0.5, 0.6) is 5.88 Å². The molecule has 1 aromatic heterocycles. The molecule has 0 aliphatic carbocycles. The lowest BCUT2D eigenvalue weighted by Gasteiger charge is -2.29. The summed E-state index contributed by atoms with van der Waals surface area (Å²) in [7, 11) is 0. The molecule has 0 spiro atoms. The van der Waals surface area contributed by atoms with E-state index in [-0.39, 0.29) is 39.8 Å². The number of halogens is 2. The molecule has 1 aliphatic rings. The van der Waals surface area contributed by atoms with Crippen molar-refractivity contribution in [3.63, 3.8) is 0 Å². The minimum absolute atomic E-state index is 0. The van der Waals surface area contributed by atoms with E-state index in [1.165, 1.54) is 6.33 Å². The van der Waals surface area contributed by atoms with E-state index in [0.29, 0.717) is 5.39 Å². The Morgan fingerprint density at radius 3 is 2.58 bits per heavy atom. The lowest BCUT2D eigenvalue weighted by Crippen LogP contribution is -2.43. The number of anilines is 1. The van der Waals surface area contributed by atoms with Gasteiger partial charge in [-0.1, -0.05) is 0 Å². The van der Waals surface area contributed by atoms with E-state index in [1.54, 1.807) is 0 Å². The Kier molecular flexibility index (Phi) is 5.96. The Bertz CT molecular complexity index is 546. The third-order valence-corrected chi connectivity index (χ3v) is 3.08. The molecule has 104 valence electrons. The average Bonchev–Trinajstić information content (AvgIpc) is 2.40. The highest BCUT2D eigenvalue weighted by molar-refractivity contribution is 8.93. The maximum Gasteiger partial charge on any atom is 0.221 e. The van der Waals surface area contributed by atoms with Crippen molar-refractivity contribution in [2.24, 2.45) is 0 Å². The van der Waals surface area contributed by atoms with Crippen LogP contribution in [-0.4, -0.2) is 41.3 Å². The first-order chi connectivity index (χ1) is 8.34. The molecule has 1 aromatic carbocycles. The topological polar surface area (TPSA) is 61.3 Å². The molecule has 7 heteroatoms. The second-order valence-corrected chi connectivity index (χ2v) is 4.14. The predicted molar refractivity (Wildman–Crippen MR) is 86.9 cm³/mol. The second kappa shape index (κ2) is 7.02. The maximum absolute atomic E-state index is 9.60. The number of nitrogens with zero attached hydrogens (tertiary/aromatic N) is 3. The molecule has 1 aliphatic heterocycles. The molecule has 0 unspecified atom stereocenters. The van der Waals surface area contributed by atoms with Crippen LogP contribution in [0.3, 0.4) is 0 Å². The Hall–Kier alpha value is -0.920. The molecule has 19 heavy (non-hydrogen) atoms. The third kappa shape index (κ3) is 3.34. The zero-order valence-electron chi connectivity index (χ0n) is 10.2. The Morgan fingerprint density at radius 1 is 1.11 bits per heavy atom. The minimum Gasteiger partial charge on any atom is -0.493 e. The second-order valence-electron chi connectivity index (χ2n) is 4.14. The number of piperazine rings is 1. The van der Waals surface area contributed by atoms with Gasteiger partial charge in [-0.25, -0.2) is 9.97 Å². The van der Waals surface area contributed by atoms with Crippen LogP contribution in [0.2, 0.25) is 0 Å². The summed E-state index contributed by atoms with van der Waals surface area (Å²) in [6.07, 6.45) is 1.39. The van der Waals surface area contributed by atoms with Gasteiger partial charge in [0.25, 0.3) is 0 Å².